The lowest BCUT2D eigenvalue weighted by molar-refractivity contribution is -0.559. The third kappa shape index (κ3) is 5.14. The minimum absolute atomic E-state index is 0.245. The maximum Gasteiger partial charge on any atom is 0.228 e. The van der Waals surface area contributed by atoms with Crippen molar-refractivity contribution in [2.75, 3.05) is 0 Å². The highest BCUT2D eigenvalue weighted by atomic mass is 15.3. The number of nitrogens with zero attached hydrogens (tertiary/aromatic N) is 3. The summed E-state index contributed by atoms with van der Waals surface area (Å²) in [6, 6.07) is 19.7. The third-order valence-electron chi connectivity index (χ3n) is 16.9. The van der Waals surface area contributed by atoms with Gasteiger partial charge in [-0.15, -0.1) is 0 Å². The molecule has 12 unspecified atom stereocenters. The van der Waals surface area contributed by atoms with Crippen LogP contribution in [0.1, 0.15) is 97.2 Å². The van der Waals surface area contributed by atoms with Crippen molar-refractivity contribution < 1.29 is 5.32 Å². The van der Waals surface area contributed by atoms with Gasteiger partial charge in [0.2, 0.25) is 5.84 Å². The highest BCUT2D eigenvalue weighted by Crippen LogP contribution is 2.67. The normalized spacial score (nSPS) is 37.6. The van der Waals surface area contributed by atoms with Crippen LogP contribution in [0.5, 0.6) is 0 Å². The topological polar surface area (TPSA) is 37.1 Å². The van der Waals surface area contributed by atoms with Crippen LogP contribution in [0.2, 0.25) is 0 Å². The average Bonchev–Trinajstić information content (AvgIpc) is 3.98. The minimum atomic E-state index is -0.245. The molecule has 3 heterocycles. The van der Waals surface area contributed by atoms with Gasteiger partial charge in [-0.3, -0.25) is 5.32 Å². The smallest absolute Gasteiger partial charge is 0.228 e. The SMILES string of the molecule is CC1C=C(n2c3c(c4ccccc42)-c2ccccc2C2C4=C(CC(C)C=C4)N(C4CC5CC(C)C4C5)C32C)C=C(C2=NC(C3C=CCC(C)C3C)=C3C=CC=CC3[NH2+]2)C1. The minimum Gasteiger partial charge on any atom is -0.359 e. The van der Waals surface area contributed by atoms with Crippen molar-refractivity contribution in [2.24, 2.45) is 52.3 Å². The van der Waals surface area contributed by atoms with Crippen molar-refractivity contribution >= 4 is 22.4 Å². The molecule has 1 aromatic heterocycles. The summed E-state index contributed by atoms with van der Waals surface area (Å²) >= 11 is 0. The van der Waals surface area contributed by atoms with Gasteiger partial charge in [-0.05, 0) is 122 Å². The first-order chi connectivity index (χ1) is 28.7. The lowest BCUT2D eigenvalue weighted by atomic mass is 9.67. The Morgan fingerprint density at radius 3 is 2.53 bits per heavy atom. The molecule has 0 saturated heterocycles. The van der Waals surface area contributed by atoms with Crippen molar-refractivity contribution in [2.45, 2.75) is 104 Å². The number of benzene rings is 2. The fourth-order valence-corrected chi connectivity index (χ4v) is 14.2. The molecule has 0 spiro atoms. The van der Waals surface area contributed by atoms with Gasteiger partial charge in [-0.1, -0.05) is 126 Å². The van der Waals surface area contributed by atoms with Gasteiger partial charge in [0.25, 0.3) is 0 Å². The van der Waals surface area contributed by atoms with Gasteiger partial charge in [0.1, 0.15) is 6.04 Å². The van der Waals surface area contributed by atoms with E-state index in [0.29, 0.717) is 35.6 Å². The standard InChI is InChI=1S/C55H60N4/c1-31-22-23-44-48(26-31)59(49-29-36-27-34(4)45(49)28-36)55(6)51(44)41-16-8-7-15-40(41)50-43-18-10-12-21-47(43)58(53(50)55)38-25-32(2)24-37(30-38)54-56-46-20-11-9-17-42(46)52(57-54)39-19-13-14-33(3)35(39)5/h7-13,15-23,25,30-36,39,45-46,49,51H,14,24,26-29H2,1-6H3,(H,56,57)/p+1. The monoisotopic (exact) mass is 777 g/mol. The van der Waals surface area contributed by atoms with E-state index >= 15 is 0 Å². The quantitative estimate of drug-likeness (QED) is 0.263. The summed E-state index contributed by atoms with van der Waals surface area (Å²) in [5, 5.41) is 3.85. The molecule has 4 heteroatoms. The third-order valence-corrected chi connectivity index (χ3v) is 16.9. The molecule has 2 fully saturated rings. The van der Waals surface area contributed by atoms with Gasteiger partial charge >= 0.3 is 0 Å². The van der Waals surface area contributed by atoms with Crippen molar-refractivity contribution in [1.29, 1.82) is 0 Å². The summed E-state index contributed by atoms with van der Waals surface area (Å²) in [4.78, 5) is 8.81. The molecule has 9 aliphatic rings. The second-order valence-electron chi connectivity index (χ2n) is 20.6. The fraction of sp³-hybridized carbons (Fsp3) is 0.436. The first kappa shape index (κ1) is 36.2. The van der Waals surface area contributed by atoms with Crippen LogP contribution in [0, 0.1) is 47.3 Å². The van der Waals surface area contributed by atoms with Crippen molar-refractivity contribution in [3.63, 3.8) is 0 Å². The van der Waals surface area contributed by atoms with E-state index in [1.807, 2.05) is 0 Å². The van der Waals surface area contributed by atoms with Crippen molar-refractivity contribution in [3.05, 3.63) is 149 Å². The van der Waals surface area contributed by atoms with E-state index in [2.05, 4.69) is 166 Å². The van der Waals surface area contributed by atoms with E-state index in [0.717, 1.165) is 37.0 Å². The van der Waals surface area contributed by atoms with E-state index in [-0.39, 0.29) is 17.5 Å². The first-order valence-electron chi connectivity index (χ1n) is 23.2. The lowest BCUT2D eigenvalue weighted by Crippen LogP contribution is -2.94. The summed E-state index contributed by atoms with van der Waals surface area (Å²) in [5.41, 5.74) is 15.5. The molecule has 4 nitrogen and oxygen atoms in total. The van der Waals surface area contributed by atoms with Gasteiger partial charge in [-0.2, -0.15) is 0 Å². The van der Waals surface area contributed by atoms with E-state index in [1.54, 1.807) is 11.3 Å². The predicted octanol–water partition coefficient (Wildman–Crippen LogP) is 11.6. The largest absolute Gasteiger partial charge is 0.359 e. The number of quaternary nitrogens is 1. The number of hydrogen-bond acceptors (Lipinski definition) is 2. The molecule has 12 atom stereocenters. The Bertz CT molecular complexity index is 2600. The van der Waals surface area contributed by atoms with Crippen LogP contribution < -0.4 is 5.32 Å². The Morgan fingerprint density at radius 1 is 0.814 bits per heavy atom. The van der Waals surface area contributed by atoms with E-state index in [1.165, 1.54) is 80.9 Å². The van der Waals surface area contributed by atoms with Crippen LogP contribution in [0.25, 0.3) is 27.7 Å². The Labute approximate surface area is 351 Å². The maximum absolute atomic E-state index is 5.72. The van der Waals surface area contributed by atoms with Gasteiger partial charge in [0.15, 0.2) is 0 Å². The zero-order valence-corrected chi connectivity index (χ0v) is 35.9. The zero-order valence-electron chi connectivity index (χ0n) is 35.9. The molecule has 2 bridgehead atoms. The summed E-state index contributed by atoms with van der Waals surface area (Å²) in [5.74, 6) is 6.30. The summed E-state index contributed by atoms with van der Waals surface area (Å²) in [7, 11) is 0. The molecule has 2 saturated carbocycles. The number of nitrogens with two attached hydrogens (primary N) is 1. The molecule has 7 aliphatic carbocycles. The summed E-state index contributed by atoms with van der Waals surface area (Å²) < 4.78 is 2.76. The number of para-hydroxylation sites is 1. The van der Waals surface area contributed by atoms with Gasteiger partial charge < -0.3 is 9.47 Å². The van der Waals surface area contributed by atoms with Crippen LogP contribution in [0.15, 0.2) is 142 Å². The number of rotatable bonds is 4. The average molecular weight is 778 g/mol. The number of fused-ring (bicyclic) bond motifs is 12. The van der Waals surface area contributed by atoms with E-state index < -0.39 is 0 Å². The second-order valence-corrected chi connectivity index (χ2v) is 20.6. The zero-order chi connectivity index (χ0) is 39.9. The molecule has 300 valence electrons. The molecule has 2 aliphatic heterocycles. The molecule has 0 radical (unpaired) electrons. The Balaban J connectivity index is 1.08. The van der Waals surface area contributed by atoms with Crippen molar-refractivity contribution in [3.8, 4) is 11.1 Å². The second kappa shape index (κ2) is 13.2. The molecule has 2 aromatic carbocycles. The molecule has 0 amide bonds. The van der Waals surface area contributed by atoms with Crippen LogP contribution >= 0.6 is 0 Å². The molecule has 59 heavy (non-hydrogen) atoms. The first-order valence-corrected chi connectivity index (χ1v) is 23.2. The predicted molar refractivity (Wildman–Crippen MR) is 243 cm³/mol. The van der Waals surface area contributed by atoms with Crippen LogP contribution in [-0.4, -0.2) is 27.4 Å². The number of allylic oxidation sites excluding steroid dienone is 10. The highest BCUT2D eigenvalue weighted by molar-refractivity contribution is 6.04. The van der Waals surface area contributed by atoms with E-state index in [9.17, 15) is 0 Å². The maximum atomic E-state index is 5.72. The number of hydrogen-bond donors (Lipinski definition) is 1. The van der Waals surface area contributed by atoms with Crippen LogP contribution in [0.4, 0.5) is 0 Å². The van der Waals surface area contributed by atoms with Crippen LogP contribution in [0.3, 0.4) is 0 Å². The van der Waals surface area contributed by atoms with Crippen molar-refractivity contribution in [1.82, 2.24) is 9.47 Å². The Kier molecular flexibility index (Phi) is 8.08. The highest BCUT2D eigenvalue weighted by Gasteiger charge is 2.61. The Hall–Kier alpha value is -4.67. The molecule has 12 rings (SSSR count). The van der Waals surface area contributed by atoms with Gasteiger partial charge in [0, 0.05) is 51.4 Å². The lowest BCUT2D eigenvalue weighted by Gasteiger charge is -2.52. The van der Waals surface area contributed by atoms with Gasteiger partial charge in [-0.25, -0.2) is 4.99 Å². The Morgan fingerprint density at radius 2 is 1.66 bits per heavy atom. The number of aliphatic imine (C=N–C) groups is 1. The summed E-state index contributed by atoms with van der Waals surface area (Å²) in [6.07, 6.45) is 31.7. The van der Waals surface area contributed by atoms with Crippen LogP contribution in [-0.2, 0) is 5.54 Å². The molecule has 3 aromatic rings. The summed E-state index contributed by atoms with van der Waals surface area (Å²) in [6.45, 7) is 15.0. The van der Waals surface area contributed by atoms with Gasteiger partial charge in [0.05, 0.1) is 22.4 Å². The number of amidine groups is 1. The molecule has 2 N–H and O–H groups in total. The molecular weight excluding hydrogens is 717 g/mol. The molecular formula is C55H61N4+. The fourth-order valence-electron chi connectivity index (χ4n) is 14.2. The number of aromatic nitrogens is 1. The van der Waals surface area contributed by atoms with E-state index in [4.69, 9.17) is 4.99 Å².